The first-order chi connectivity index (χ1) is 17.5. The van der Waals surface area contributed by atoms with Gasteiger partial charge in [-0.15, -0.1) is 0 Å². The highest BCUT2D eigenvalue weighted by Gasteiger charge is 2.57. The van der Waals surface area contributed by atoms with Crippen LogP contribution in [0.3, 0.4) is 0 Å². The molecule has 2 saturated heterocycles. The highest BCUT2D eigenvalue weighted by molar-refractivity contribution is 7.92. The van der Waals surface area contributed by atoms with Gasteiger partial charge in [0.05, 0.1) is 16.8 Å². The van der Waals surface area contributed by atoms with Gasteiger partial charge in [0, 0.05) is 37.2 Å². The van der Waals surface area contributed by atoms with E-state index in [4.69, 9.17) is 4.74 Å². The minimum absolute atomic E-state index is 0.00792. The molecule has 2 fully saturated rings. The fraction of sp³-hybridized carbons (Fsp3) is 0.448. The molecule has 0 saturated carbocycles. The molecular weight excluding hydrogens is 472 g/mol. The fourth-order valence-corrected chi connectivity index (χ4v) is 8.02. The van der Waals surface area contributed by atoms with Crippen molar-refractivity contribution in [2.45, 2.75) is 67.4 Å². The Morgan fingerprint density at radius 2 is 1.81 bits per heavy atom. The summed E-state index contributed by atoms with van der Waals surface area (Å²) < 4.78 is 33.6. The molecule has 0 spiro atoms. The van der Waals surface area contributed by atoms with Crippen LogP contribution in [0.1, 0.15) is 38.2 Å². The summed E-state index contributed by atoms with van der Waals surface area (Å²) in [5, 5.41) is 18.7. The number of rotatable bonds is 11. The fourth-order valence-electron chi connectivity index (χ4n) is 5.83. The Bertz CT molecular complexity index is 1280. The van der Waals surface area contributed by atoms with Crippen LogP contribution in [-0.2, 0) is 16.4 Å². The summed E-state index contributed by atoms with van der Waals surface area (Å²) in [5.41, 5.74) is 1.12. The molecular formula is C29H36N2O4S. The van der Waals surface area contributed by atoms with E-state index in [0.717, 1.165) is 31.2 Å². The van der Waals surface area contributed by atoms with Crippen LogP contribution in [0, 0.1) is 5.92 Å². The zero-order chi connectivity index (χ0) is 25.1. The first-order valence-corrected chi connectivity index (χ1v) is 14.6. The molecule has 3 N–H and O–H groups in total. The molecule has 36 heavy (non-hydrogen) atoms. The zero-order valence-corrected chi connectivity index (χ0v) is 21.6. The Morgan fingerprint density at radius 1 is 1.03 bits per heavy atom. The first-order valence-electron chi connectivity index (χ1n) is 13.1. The second-order valence-corrected chi connectivity index (χ2v) is 12.2. The summed E-state index contributed by atoms with van der Waals surface area (Å²) in [6.45, 7) is 3.35. The summed E-state index contributed by atoms with van der Waals surface area (Å²) in [6, 6.07) is 20.9. The highest BCUT2D eigenvalue weighted by atomic mass is 32.2. The van der Waals surface area contributed by atoms with Crippen molar-refractivity contribution in [2.75, 3.05) is 13.2 Å². The molecule has 2 aliphatic heterocycles. The summed E-state index contributed by atoms with van der Waals surface area (Å²) in [5.74, 6) is 0.630. The lowest BCUT2D eigenvalue weighted by Crippen LogP contribution is -2.53. The van der Waals surface area contributed by atoms with Gasteiger partial charge in [-0.3, -0.25) is 0 Å². The highest BCUT2D eigenvalue weighted by Crippen LogP contribution is 2.40. The third-order valence-electron chi connectivity index (χ3n) is 7.73. The second kappa shape index (κ2) is 10.9. The number of hydrogen-bond acceptors (Lipinski definition) is 6. The van der Waals surface area contributed by atoms with Gasteiger partial charge in [0.1, 0.15) is 5.75 Å². The molecule has 2 aliphatic rings. The molecule has 0 aromatic heterocycles. The van der Waals surface area contributed by atoms with Crippen LogP contribution in [-0.4, -0.2) is 50.1 Å². The van der Waals surface area contributed by atoms with E-state index in [1.165, 1.54) is 10.8 Å². The van der Waals surface area contributed by atoms with Crippen molar-refractivity contribution in [3.05, 3.63) is 72.3 Å². The van der Waals surface area contributed by atoms with Crippen molar-refractivity contribution in [3.8, 4) is 5.75 Å². The van der Waals surface area contributed by atoms with E-state index in [1.807, 2.05) is 12.1 Å². The van der Waals surface area contributed by atoms with E-state index >= 15 is 0 Å². The lowest BCUT2D eigenvalue weighted by Gasteiger charge is -2.34. The number of fused-ring (bicyclic) bond motifs is 3. The normalized spacial score (nSPS) is 25.4. The van der Waals surface area contributed by atoms with Crippen molar-refractivity contribution in [1.29, 1.82) is 0 Å². The van der Waals surface area contributed by atoms with E-state index in [2.05, 4.69) is 47.9 Å². The van der Waals surface area contributed by atoms with Crippen LogP contribution in [0.4, 0.5) is 0 Å². The molecule has 3 aromatic carbocycles. The van der Waals surface area contributed by atoms with Gasteiger partial charge in [0.25, 0.3) is 0 Å². The van der Waals surface area contributed by atoms with Gasteiger partial charge < -0.3 is 20.5 Å². The van der Waals surface area contributed by atoms with Crippen LogP contribution in [0.15, 0.2) is 71.6 Å². The average Bonchev–Trinajstić information content (AvgIpc) is 3.49. The summed E-state index contributed by atoms with van der Waals surface area (Å²) in [7, 11) is -3.64. The number of benzene rings is 3. The maximum absolute atomic E-state index is 13.9. The number of aliphatic hydroxyl groups is 1. The van der Waals surface area contributed by atoms with E-state index < -0.39 is 15.1 Å². The van der Waals surface area contributed by atoms with E-state index in [1.54, 1.807) is 24.3 Å². The van der Waals surface area contributed by atoms with E-state index in [9.17, 15) is 13.5 Å². The van der Waals surface area contributed by atoms with Crippen LogP contribution < -0.4 is 15.4 Å². The quantitative estimate of drug-likeness (QED) is 0.339. The minimum atomic E-state index is -3.64. The second-order valence-electron chi connectivity index (χ2n) is 10.1. The lowest BCUT2D eigenvalue weighted by molar-refractivity contribution is 0.195. The first kappa shape index (κ1) is 25.2. The number of ether oxygens (including phenoxy) is 1. The summed E-state index contributed by atoms with van der Waals surface area (Å²) in [4.78, 5) is 0.303. The SMILES string of the molecule is CCCCCOc1ccc(S(=O)(=O)[C@@H]2[C@H]3N[C@H](C[C@@H]3CO)[C@H]2NCc2ccc3ccccc3c2)cc1. The largest absolute Gasteiger partial charge is 0.494 e. The van der Waals surface area contributed by atoms with Crippen molar-refractivity contribution in [3.63, 3.8) is 0 Å². The molecule has 192 valence electrons. The third kappa shape index (κ3) is 5.02. The molecule has 5 atom stereocenters. The van der Waals surface area contributed by atoms with Crippen molar-refractivity contribution >= 4 is 20.6 Å². The Kier molecular flexibility index (Phi) is 7.62. The molecule has 0 aliphatic carbocycles. The van der Waals surface area contributed by atoms with Gasteiger partial charge in [-0.2, -0.15) is 0 Å². The molecule has 2 heterocycles. The Morgan fingerprint density at radius 3 is 2.56 bits per heavy atom. The van der Waals surface area contributed by atoms with Crippen LogP contribution in [0.25, 0.3) is 10.8 Å². The molecule has 3 aromatic rings. The van der Waals surface area contributed by atoms with Crippen molar-refractivity contribution in [2.24, 2.45) is 5.92 Å². The Balaban J connectivity index is 1.34. The smallest absolute Gasteiger partial charge is 0.184 e. The van der Waals surface area contributed by atoms with E-state index in [-0.39, 0.29) is 30.7 Å². The molecule has 0 radical (unpaired) electrons. The molecule has 5 rings (SSSR count). The van der Waals surface area contributed by atoms with Crippen LogP contribution in [0.5, 0.6) is 5.75 Å². The number of unbranched alkanes of at least 4 members (excludes halogenated alkanes) is 2. The molecule has 0 amide bonds. The van der Waals surface area contributed by atoms with Crippen LogP contribution in [0.2, 0.25) is 0 Å². The molecule has 6 nitrogen and oxygen atoms in total. The van der Waals surface area contributed by atoms with Gasteiger partial charge >= 0.3 is 0 Å². The van der Waals surface area contributed by atoms with Gasteiger partial charge in [0.15, 0.2) is 9.84 Å². The van der Waals surface area contributed by atoms with Crippen molar-refractivity contribution in [1.82, 2.24) is 10.6 Å². The average molecular weight is 509 g/mol. The van der Waals surface area contributed by atoms with Gasteiger partial charge in [-0.05, 0) is 59.5 Å². The van der Waals surface area contributed by atoms with Crippen LogP contribution >= 0.6 is 0 Å². The topological polar surface area (TPSA) is 87.7 Å². The number of nitrogens with one attached hydrogen (secondary N) is 2. The monoisotopic (exact) mass is 508 g/mol. The van der Waals surface area contributed by atoms with Gasteiger partial charge in [0.2, 0.25) is 0 Å². The molecule has 0 unspecified atom stereocenters. The number of hydrogen-bond donors (Lipinski definition) is 3. The summed E-state index contributed by atoms with van der Waals surface area (Å²) in [6.07, 6.45) is 4.00. The predicted octanol–water partition coefficient (Wildman–Crippen LogP) is 4.06. The third-order valence-corrected chi connectivity index (χ3v) is 9.96. The van der Waals surface area contributed by atoms with Gasteiger partial charge in [-0.25, -0.2) is 8.42 Å². The number of aliphatic hydroxyl groups excluding tert-OH is 1. The zero-order valence-electron chi connectivity index (χ0n) is 20.8. The standard InChI is InChI=1S/C29H36N2O4S/c1-2-3-6-15-35-24-11-13-25(14-12-24)36(33,34)29-27-23(19-32)17-26(31-27)28(29)30-18-20-9-10-21-7-4-5-8-22(21)16-20/h4-5,7-14,16,23,26-32H,2-3,6,15,17-19H2,1H3/t23-,26-,27+,28-,29-/m1/s1. The maximum atomic E-state index is 13.9. The number of sulfone groups is 1. The van der Waals surface area contributed by atoms with Crippen molar-refractivity contribution < 1.29 is 18.3 Å². The van der Waals surface area contributed by atoms with E-state index in [0.29, 0.717) is 23.8 Å². The maximum Gasteiger partial charge on any atom is 0.184 e. The minimum Gasteiger partial charge on any atom is -0.494 e. The molecule has 2 bridgehead atoms. The predicted molar refractivity (Wildman–Crippen MR) is 143 cm³/mol. The van der Waals surface area contributed by atoms with Gasteiger partial charge in [-0.1, -0.05) is 56.2 Å². The lowest BCUT2D eigenvalue weighted by atomic mass is 9.86. The summed E-state index contributed by atoms with van der Waals surface area (Å²) >= 11 is 0. The molecule has 7 heteroatoms. The Hall–Kier alpha value is -2.45. The Labute approximate surface area is 214 Å².